The summed E-state index contributed by atoms with van der Waals surface area (Å²) in [6.45, 7) is 1.50. The number of hydrogen-bond donors (Lipinski definition) is 0. The fraction of sp³-hybridized carbons (Fsp3) is 0.150. The Morgan fingerprint density at radius 2 is 1.80 bits per heavy atom. The third-order valence-electron chi connectivity index (χ3n) is 4.14. The minimum absolute atomic E-state index is 0.689. The summed E-state index contributed by atoms with van der Waals surface area (Å²) in [6, 6.07) is 16.1. The molecule has 0 aliphatic rings. The van der Waals surface area contributed by atoms with Crippen molar-refractivity contribution in [3.8, 4) is 11.3 Å². The lowest BCUT2D eigenvalue weighted by molar-refractivity contribution is 0.267. The number of rotatable bonds is 5. The molecule has 0 aliphatic heterocycles. The zero-order chi connectivity index (χ0) is 17.1. The highest BCUT2D eigenvalue weighted by atomic mass is 16.5. The van der Waals surface area contributed by atoms with Crippen LogP contribution in [0.15, 0.2) is 71.6 Å². The molecule has 0 amide bonds. The van der Waals surface area contributed by atoms with Gasteiger partial charge in [0.15, 0.2) is 5.76 Å². The first kappa shape index (κ1) is 15.5. The molecule has 0 spiro atoms. The molecule has 0 saturated carbocycles. The van der Waals surface area contributed by atoms with Gasteiger partial charge in [-0.1, -0.05) is 23.4 Å². The van der Waals surface area contributed by atoms with Crippen LogP contribution in [-0.4, -0.2) is 27.1 Å². The number of para-hydroxylation sites is 1. The minimum Gasteiger partial charge on any atom is -0.359 e. The first-order chi connectivity index (χ1) is 12.3. The Morgan fingerprint density at radius 1 is 0.960 bits per heavy atom. The molecule has 5 heteroatoms. The minimum atomic E-state index is 0.689. The van der Waals surface area contributed by atoms with Gasteiger partial charge in [-0.25, -0.2) is 0 Å². The Balaban J connectivity index is 1.49. The van der Waals surface area contributed by atoms with Crippen molar-refractivity contribution >= 4 is 10.9 Å². The summed E-state index contributed by atoms with van der Waals surface area (Å²) in [5, 5.41) is 5.34. The second kappa shape index (κ2) is 6.83. The third-order valence-corrected chi connectivity index (χ3v) is 4.14. The summed E-state index contributed by atoms with van der Waals surface area (Å²) in [5.41, 5.74) is 4.11. The van der Waals surface area contributed by atoms with Crippen LogP contribution in [0.3, 0.4) is 0 Å². The topological polar surface area (TPSA) is 55.1 Å². The van der Waals surface area contributed by atoms with Crippen molar-refractivity contribution in [1.29, 1.82) is 0 Å². The molecule has 0 radical (unpaired) electrons. The summed E-state index contributed by atoms with van der Waals surface area (Å²) in [6.07, 6.45) is 5.37. The maximum absolute atomic E-state index is 5.49. The van der Waals surface area contributed by atoms with Crippen molar-refractivity contribution in [2.24, 2.45) is 0 Å². The lowest BCUT2D eigenvalue weighted by Gasteiger charge is -2.16. The van der Waals surface area contributed by atoms with E-state index in [-0.39, 0.29) is 0 Å². The molecule has 0 atom stereocenters. The monoisotopic (exact) mass is 330 g/mol. The van der Waals surface area contributed by atoms with E-state index in [2.05, 4.69) is 39.2 Å². The molecule has 1 aromatic carbocycles. The van der Waals surface area contributed by atoms with Crippen molar-refractivity contribution in [2.45, 2.75) is 13.1 Å². The van der Waals surface area contributed by atoms with Crippen molar-refractivity contribution in [3.63, 3.8) is 0 Å². The van der Waals surface area contributed by atoms with E-state index < -0.39 is 0 Å². The van der Waals surface area contributed by atoms with Crippen molar-refractivity contribution in [3.05, 3.63) is 78.4 Å². The van der Waals surface area contributed by atoms with Crippen molar-refractivity contribution < 1.29 is 4.52 Å². The van der Waals surface area contributed by atoms with Gasteiger partial charge in [0.2, 0.25) is 0 Å². The molecule has 3 aromatic heterocycles. The van der Waals surface area contributed by atoms with Gasteiger partial charge in [0.25, 0.3) is 0 Å². The van der Waals surface area contributed by atoms with Crippen LogP contribution in [0.25, 0.3) is 22.2 Å². The zero-order valence-corrected chi connectivity index (χ0v) is 14.0. The molecule has 0 bridgehead atoms. The summed E-state index contributed by atoms with van der Waals surface area (Å²) >= 11 is 0. The average Bonchev–Trinajstić information content (AvgIpc) is 3.11. The SMILES string of the molecule is CN(Cc1cc(-c2ccncc2)no1)Cc1ccnc2ccccc12. The molecule has 4 rings (SSSR count). The van der Waals surface area contributed by atoms with Crippen LogP contribution in [0.1, 0.15) is 11.3 Å². The lowest BCUT2D eigenvalue weighted by atomic mass is 10.1. The quantitative estimate of drug-likeness (QED) is 0.555. The molecule has 25 heavy (non-hydrogen) atoms. The van der Waals surface area contributed by atoms with Gasteiger partial charge in [-0.05, 0) is 36.9 Å². The van der Waals surface area contributed by atoms with Crippen LogP contribution in [0, 0.1) is 0 Å². The Morgan fingerprint density at radius 3 is 2.68 bits per heavy atom. The van der Waals surface area contributed by atoms with E-state index in [0.717, 1.165) is 29.1 Å². The van der Waals surface area contributed by atoms with Crippen LogP contribution in [0.5, 0.6) is 0 Å². The predicted molar refractivity (Wildman–Crippen MR) is 96.6 cm³/mol. The second-order valence-corrected chi connectivity index (χ2v) is 6.07. The Bertz CT molecular complexity index is 976. The van der Waals surface area contributed by atoms with Gasteiger partial charge < -0.3 is 4.52 Å². The van der Waals surface area contributed by atoms with Gasteiger partial charge in [-0.15, -0.1) is 0 Å². The van der Waals surface area contributed by atoms with Gasteiger partial charge in [-0.3, -0.25) is 14.9 Å². The Labute approximate surface area is 145 Å². The van der Waals surface area contributed by atoms with Crippen LogP contribution in [0.2, 0.25) is 0 Å². The summed E-state index contributed by atoms with van der Waals surface area (Å²) in [4.78, 5) is 10.7. The number of hydrogen-bond acceptors (Lipinski definition) is 5. The van der Waals surface area contributed by atoms with Crippen molar-refractivity contribution in [1.82, 2.24) is 20.0 Å². The predicted octanol–water partition coefficient (Wildman–Crippen LogP) is 3.92. The molecule has 0 N–H and O–H groups in total. The molecule has 4 aromatic rings. The number of nitrogens with zero attached hydrogens (tertiary/aromatic N) is 4. The van der Waals surface area contributed by atoms with E-state index in [4.69, 9.17) is 4.52 Å². The molecule has 3 heterocycles. The fourth-order valence-corrected chi connectivity index (χ4v) is 2.95. The summed E-state index contributed by atoms with van der Waals surface area (Å²) < 4.78 is 5.49. The van der Waals surface area contributed by atoms with E-state index >= 15 is 0 Å². The number of fused-ring (bicyclic) bond motifs is 1. The second-order valence-electron chi connectivity index (χ2n) is 6.07. The highest BCUT2D eigenvalue weighted by Gasteiger charge is 2.10. The molecule has 5 nitrogen and oxygen atoms in total. The summed E-state index contributed by atoms with van der Waals surface area (Å²) in [5.74, 6) is 0.840. The molecule has 0 unspecified atom stereocenters. The standard InChI is InChI=1S/C20H18N4O/c1-24(13-16-8-11-22-19-5-3-2-4-18(16)19)14-17-12-20(23-25-17)15-6-9-21-10-7-15/h2-12H,13-14H2,1H3. The average molecular weight is 330 g/mol. The van der Waals surface area contributed by atoms with Crippen LogP contribution in [-0.2, 0) is 13.1 Å². The first-order valence-corrected chi connectivity index (χ1v) is 8.17. The van der Waals surface area contributed by atoms with E-state index in [0.29, 0.717) is 6.54 Å². The number of pyridine rings is 2. The van der Waals surface area contributed by atoms with Crippen LogP contribution >= 0.6 is 0 Å². The number of benzene rings is 1. The van der Waals surface area contributed by atoms with E-state index in [1.165, 1.54) is 10.9 Å². The van der Waals surface area contributed by atoms with E-state index in [1.807, 2.05) is 42.6 Å². The molecule has 0 aliphatic carbocycles. The highest BCUT2D eigenvalue weighted by Crippen LogP contribution is 2.21. The highest BCUT2D eigenvalue weighted by molar-refractivity contribution is 5.81. The molecule has 0 fully saturated rings. The van der Waals surface area contributed by atoms with Gasteiger partial charge in [0.05, 0.1) is 12.1 Å². The molecular weight excluding hydrogens is 312 g/mol. The normalized spacial score (nSPS) is 11.3. The maximum Gasteiger partial charge on any atom is 0.151 e. The molecular formula is C20H18N4O. The zero-order valence-electron chi connectivity index (χ0n) is 14.0. The molecule has 0 saturated heterocycles. The van der Waals surface area contributed by atoms with Gasteiger partial charge in [-0.2, -0.15) is 0 Å². The third kappa shape index (κ3) is 3.41. The van der Waals surface area contributed by atoms with Gasteiger partial charge in [0, 0.05) is 42.2 Å². The largest absolute Gasteiger partial charge is 0.359 e. The van der Waals surface area contributed by atoms with Crippen molar-refractivity contribution in [2.75, 3.05) is 7.05 Å². The summed E-state index contributed by atoms with van der Waals surface area (Å²) in [7, 11) is 2.07. The maximum atomic E-state index is 5.49. The molecule has 124 valence electrons. The van der Waals surface area contributed by atoms with E-state index in [9.17, 15) is 0 Å². The Hall–Kier alpha value is -3.05. The number of aromatic nitrogens is 3. The van der Waals surface area contributed by atoms with Gasteiger partial charge in [0.1, 0.15) is 5.69 Å². The van der Waals surface area contributed by atoms with E-state index in [1.54, 1.807) is 12.4 Å². The van der Waals surface area contributed by atoms with Gasteiger partial charge >= 0.3 is 0 Å². The van der Waals surface area contributed by atoms with Crippen LogP contribution in [0.4, 0.5) is 0 Å². The smallest absolute Gasteiger partial charge is 0.151 e. The first-order valence-electron chi connectivity index (χ1n) is 8.17. The fourth-order valence-electron chi connectivity index (χ4n) is 2.95. The lowest BCUT2D eigenvalue weighted by Crippen LogP contribution is -2.17. The van der Waals surface area contributed by atoms with Crippen LogP contribution < -0.4 is 0 Å². The Kier molecular flexibility index (Phi) is 4.23.